The van der Waals surface area contributed by atoms with E-state index >= 15 is 0 Å². The summed E-state index contributed by atoms with van der Waals surface area (Å²) in [4.78, 5) is 51.7. The highest BCUT2D eigenvalue weighted by atomic mass is 79.9. The summed E-state index contributed by atoms with van der Waals surface area (Å²) >= 11 is 7.19. The Bertz CT molecular complexity index is 6300. The summed E-state index contributed by atoms with van der Waals surface area (Å²) in [7, 11) is -1.45. The van der Waals surface area contributed by atoms with Crippen LogP contribution in [0.3, 0.4) is 0 Å². The molecule has 17 aromatic carbocycles. The fourth-order valence-corrected chi connectivity index (χ4v) is 17.8. The third-order valence-electron chi connectivity index (χ3n) is 22.7. The molecule has 0 bridgehead atoms. The van der Waals surface area contributed by atoms with Gasteiger partial charge in [0.1, 0.15) is 0 Å². The molecule has 124 heavy (non-hydrogen) atoms. The van der Waals surface area contributed by atoms with E-state index in [4.69, 9.17) is 0 Å². The molecular weight excluding hydrogens is 1680 g/mol. The van der Waals surface area contributed by atoms with E-state index in [2.05, 4.69) is 180 Å². The number of nitrogens with zero attached hydrogens (tertiary/aromatic N) is 7. The summed E-state index contributed by atoms with van der Waals surface area (Å²) in [5.74, 6) is 0. The molecule has 600 valence electrons. The molecule has 17 nitrogen and oxygen atoms in total. The van der Waals surface area contributed by atoms with Crippen LogP contribution in [-0.2, 0) is 10.8 Å². The van der Waals surface area contributed by atoms with Crippen molar-refractivity contribution in [2.45, 2.75) is 10.8 Å². The van der Waals surface area contributed by atoms with E-state index in [0.717, 1.165) is 149 Å². The number of nitro benzene ring substituents is 4. The van der Waals surface area contributed by atoms with Gasteiger partial charge in [0, 0.05) is 109 Å². The lowest BCUT2D eigenvalue weighted by Crippen LogP contribution is -2.29. The van der Waals surface area contributed by atoms with Crippen LogP contribution < -0.4 is 20.2 Å². The summed E-state index contributed by atoms with van der Waals surface area (Å²) in [6.07, 6.45) is 0. The molecule has 2 aliphatic carbocycles. The highest BCUT2D eigenvalue weighted by Crippen LogP contribution is 2.60. The van der Waals surface area contributed by atoms with Gasteiger partial charge in [-0.1, -0.05) is 262 Å². The van der Waals surface area contributed by atoms with Gasteiger partial charge in [0.15, 0.2) is 0 Å². The Balaban J connectivity index is 0.000000162. The summed E-state index contributed by atoms with van der Waals surface area (Å²) in [6, 6.07) is 137. The van der Waals surface area contributed by atoms with Crippen molar-refractivity contribution < 1.29 is 29.7 Å². The van der Waals surface area contributed by atoms with Crippen LogP contribution in [0.25, 0.3) is 44.5 Å². The highest BCUT2D eigenvalue weighted by molar-refractivity contribution is 9.10. The maximum Gasteiger partial charge on any atom is 0.488 e. The van der Waals surface area contributed by atoms with E-state index in [1.165, 1.54) is 24.3 Å². The van der Waals surface area contributed by atoms with Crippen LogP contribution in [0.4, 0.5) is 73.9 Å². The van der Waals surface area contributed by atoms with Crippen molar-refractivity contribution in [2.75, 3.05) is 14.7 Å². The van der Waals surface area contributed by atoms with Crippen LogP contribution in [0.2, 0.25) is 0 Å². The van der Waals surface area contributed by atoms with E-state index in [9.17, 15) is 50.5 Å². The smallest absolute Gasteiger partial charge is 0.423 e. The minimum absolute atomic E-state index is 0.000437. The predicted octanol–water partition coefficient (Wildman–Crippen LogP) is 26.4. The molecule has 0 saturated carbocycles. The van der Waals surface area contributed by atoms with E-state index in [0.29, 0.717) is 5.46 Å². The Morgan fingerprint density at radius 2 is 0.435 bits per heavy atom. The third-order valence-corrected chi connectivity index (χ3v) is 23.7. The van der Waals surface area contributed by atoms with Crippen LogP contribution in [0.1, 0.15) is 44.5 Å². The zero-order valence-electron chi connectivity index (χ0n) is 66.0. The van der Waals surface area contributed by atoms with Crippen LogP contribution in [0, 0.1) is 40.5 Å². The highest BCUT2D eigenvalue weighted by Gasteiger charge is 2.49. The van der Waals surface area contributed by atoms with Crippen molar-refractivity contribution in [3.05, 3.63) is 519 Å². The molecule has 17 aromatic rings. The van der Waals surface area contributed by atoms with Crippen LogP contribution in [-0.4, -0.2) is 36.9 Å². The van der Waals surface area contributed by atoms with Crippen molar-refractivity contribution in [1.29, 1.82) is 0 Å². The van der Waals surface area contributed by atoms with Crippen molar-refractivity contribution >= 4 is 118 Å². The van der Waals surface area contributed by atoms with Crippen molar-refractivity contribution in [2.24, 2.45) is 0 Å². The number of nitro groups is 4. The lowest BCUT2D eigenvalue weighted by Gasteiger charge is -2.34. The average Bonchev–Trinajstić information content (AvgIpc) is 1.54. The lowest BCUT2D eigenvalue weighted by atomic mass is 9.67. The quantitative estimate of drug-likeness (QED) is 0.0412. The number of hydrogen-bond acceptors (Lipinski definition) is 13. The second-order valence-corrected chi connectivity index (χ2v) is 31.5. The number of anilines is 9. The third kappa shape index (κ3) is 15.8. The zero-order valence-corrected chi connectivity index (χ0v) is 69.2. The fraction of sp³-hybridized carbons (Fsp3) is 0.0192. The second-order valence-electron chi connectivity index (χ2n) is 29.7. The largest absolute Gasteiger partial charge is 0.488 e. The first-order valence-corrected chi connectivity index (χ1v) is 41.3. The lowest BCUT2D eigenvalue weighted by molar-refractivity contribution is -0.385. The predicted molar refractivity (Wildman–Crippen MR) is 501 cm³/mol. The number of para-hydroxylation sites is 6. The first-order chi connectivity index (χ1) is 60.4. The van der Waals surface area contributed by atoms with Gasteiger partial charge in [0.25, 0.3) is 22.7 Å². The number of rotatable bonds is 20. The van der Waals surface area contributed by atoms with Gasteiger partial charge < -0.3 is 24.7 Å². The van der Waals surface area contributed by atoms with Crippen LogP contribution >= 0.6 is 31.9 Å². The molecule has 19 rings (SSSR count). The Morgan fingerprint density at radius 3 is 0.661 bits per heavy atom. The van der Waals surface area contributed by atoms with Gasteiger partial charge in [-0.25, -0.2) is 0 Å². The molecule has 0 aliphatic heterocycles. The Kier molecular flexibility index (Phi) is 23.0. The Morgan fingerprint density at radius 1 is 0.234 bits per heavy atom. The van der Waals surface area contributed by atoms with E-state index in [-0.39, 0.29) is 22.7 Å². The second kappa shape index (κ2) is 35.2. The standard InChI is InChI=1S/C61H42N4O4.C25H14Br2N2O4.C18H16BNO2/c66-64(67)55-35-27-47(28-36-55)61(48-29-37-56(38-30-48)65(68)69)59-41-45(43-21-31-53(32-22-43)62(49-13-5-1-6-14-49)50-15-7-2-8-16-50)25-39-57(59)58-40-26-46(42-60(58)61)44-23-33-54(34-24-44)63(51-17-9-3-10-18-51)52-19-11-4-12-20-52;26-17-5-11-21-22-12-6-18(27)14-24(22)25(23(21)13-17,15-1-7-19(8-2-15)28(30)31)16-3-9-20(10-4-16)29(32)33;21-19(22)15-11-13-18(14-12-15)20(16-7-3-1-4-8-16)17-9-5-2-6-10-17/h1-42H;1-14H;1-14,21-22H. The van der Waals surface area contributed by atoms with Gasteiger partial charge in [0.2, 0.25) is 0 Å². The molecule has 0 heterocycles. The molecule has 2 N–H and O–H groups in total. The molecule has 2 aliphatic rings. The van der Waals surface area contributed by atoms with Gasteiger partial charge in [-0.2, -0.15) is 0 Å². The van der Waals surface area contributed by atoms with Gasteiger partial charge in [-0.15, -0.1) is 0 Å². The SMILES string of the molecule is O=[N+]([O-])c1ccc(C2(c3ccc([N+](=O)[O-])cc3)c3cc(-c4ccc(N(c5ccccc5)c5ccccc5)cc4)ccc3-c3ccc(-c4ccc(N(c5ccccc5)c5ccccc5)cc4)cc32)cc1.O=[N+]([O-])c1ccc(C2(c3ccc([N+](=O)[O-])cc3)c3cc(Br)ccc3-c3ccc(Br)cc32)cc1.OB(O)c1ccc(N(c2ccccc2)c2ccccc2)cc1. The monoisotopic (exact) mass is 1750 g/mol. The van der Waals surface area contributed by atoms with Crippen molar-refractivity contribution in [3.63, 3.8) is 0 Å². The van der Waals surface area contributed by atoms with E-state index < -0.39 is 37.6 Å². The van der Waals surface area contributed by atoms with Gasteiger partial charge in [-0.3, -0.25) is 40.5 Å². The van der Waals surface area contributed by atoms with E-state index in [1.807, 2.05) is 206 Å². The summed E-state index contributed by atoms with van der Waals surface area (Å²) < 4.78 is 1.78. The normalized spacial score (nSPS) is 12.1. The molecule has 0 atom stereocenters. The van der Waals surface area contributed by atoms with E-state index in [1.54, 1.807) is 60.7 Å². The molecule has 0 amide bonds. The van der Waals surface area contributed by atoms with Gasteiger partial charge >= 0.3 is 7.12 Å². The summed E-state index contributed by atoms with van der Waals surface area (Å²) in [6.45, 7) is 0. The van der Waals surface area contributed by atoms with Crippen LogP contribution in [0.15, 0.2) is 434 Å². The molecule has 20 heteroatoms. The van der Waals surface area contributed by atoms with Crippen molar-refractivity contribution in [3.8, 4) is 44.5 Å². The Hall–Kier alpha value is -15.3. The minimum Gasteiger partial charge on any atom is -0.423 e. The minimum atomic E-state index is -1.45. The molecule has 0 radical (unpaired) electrons. The van der Waals surface area contributed by atoms with Gasteiger partial charge in [-0.05, 0) is 240 Å². The van der Waals surface area contributed by atoms with Crippen molar-refractivity contribution in [1.82, 2.24) is 0 Å². The first kappa shape index (κ1) is 81.1. The maximum atomic E-state index is 12.1. The number of halogens is 2. The topological polar surface area (TPSA) is 223 Å². The number of benzene rings is 17. The first-order valence-electron chi connectivity index (χ1n) is 39.7. The summed E-state index contributed by atoms with van der Waals surface area (Å²) in [5, 5.41) is 65.2. The summed E-state index contributed by atoms with van der Waals surface area (Å²) in [5.41, 5.74) is 23.0. The van der Waals surface area contributed by atoms with Gasteiger partial charge in [0.05, 0.1) is 30.5 Å². The fourth-order valence-electron chi connectivity index (χ4n) is 17.1. The molecule has 0 aromatic heterocycles. The molecule has 0 spiro atoms. The maximum absolute atomic E-state index is 12.1. The number of non-ortho nitro benzene ring substituents is 4. The molecule has 0 unspecified atom stereocenters. The Labute approximate surface area is 731 Å². The van der Waals surface area contributed by atoms with Crippen LogP contribution in [0.5, 0.6) is 0 Å². The zero-order chi connectivity index (χ0) is 85.6. The molecular formula is C104H72BBr2N7O10. The number of hydrogen-bond donors (Lipinski definition) is 2. The average molecular weight is 1750 g/mol. The number of fused-ring (bicyclic) bond motifs is 6. The molecule has 0 saturated heterocycles. The molecule has 0 fully saturated rings.